The molecule has 1 atom stereocenters. The number of nitrogens with zero attached hydrogens (tertiary/aromatic N) is 2. The van der Waals surface area contributed by atoms with Gasteiger partial charge in [0.05, 0.1) is 6.61 Å². The van der Waals surface area contributed by atoms with E-state index < -0.39 is 24.5 Å². The largest absolute Gasteiger partial charge is 0.394 e. The average Bonchev–Trinajstić information content (AvgIpc) is 2.81. The Labute approximate surface area is 132 Å². The minimum atomic E-state index is -1.04. The number of aliphatic hydroxyl groups is 1. The lowest BCUT2D eigenvalue weighted by atomic mass is 10.2. The van der Waals surface area contributed by atoms with Gasteiger partial charge in [0.1, 0.15) is 11.7 Å². The SMILES string of the molecule is O=C(N[C@@H](CO)C(=O)N1CCCSCC1)c1cccc(F)n1. The first-order chi connectivity index (χ1) is 10.6. The fourth-order valence-corrected chi connectivity index (χ4v) is 3.03. The Morgan fingerprint density at radius 2 is 2.23 bits per heavy atom. The van der Waals surface area contributed by atoms with Gasteiger partial charge in [0.2, 0.25) is 11.9 Å². The predicted molar refractivity (Wildman–Crippen MR) is 81.1 cm³/mol. The normalized spacial score (nSPS) is 16.7. The van der Waals surface area contributed by atoms with Gasteiger partial charge < -0.3 is 15.3 Å². The third-order valence-electron chi connectivity index (χ3n) is 3.27. The second-order valence-electron chi connectivity index (χ2n) is 4.85. The van der Waals surface area contributed by atoms with Gasteiger partial charge in [0.25, 0.3) is 5.91 Å². The van der Waals surface area contributed by atoms with Crippen LogP contribution in [0.3, 0.4) is 0 Å². The molecule has 0 aromatic carbocycles. The molecule has 6 nitrogen and oxygen atoms in total. The molecule has 0 radical (unpaired) electrons. The Hall–Kier alpha value is -1.67. The number of rotatable bonds is 4. The van der Waals surface area contributed by atoms with Crippen molar-refractivity contribution in [3.05, 3.63) is 29.8 Å². The Morgan fingerprint density at radius 1 is 1.41 bits per heavy atom. The van der Waals surface area contributed by atoms with E-state index >= 15 is 0 Å². The maximum Gasteiger partial charge on any atom is 0.270 e. The van der Waals surface area contributed by atoms with E-state index in [1.807, 2.05) is 0 Å². The van der Waals surface area contributed by atoms with E-state index in [0.717, 1.165) is 24.0 Å². The lowest BCUT2D eigenvalue weighted by molar-refractivity contribution is -0.133. The molecular weight excluding hydrogens is 309 g/mol. The van der Waals surface area contributed by atoms with Gasteiger partial charge in [0, 0.05) is 18.8 Å². The molecule has 2 heterocycles. The lowest BCUT2D eigenvalue weighted by Crippen LogP contribution is -2.51. The first-order valence-corrected chi connectivity index (χ1v) is 8.18. The molecule has 2 amide bonds. The summed E-state index contributed by atoms with van der Waals surface area (Å²) in [6.45, 7) is 0.689. The topological polar surface area (TPSA) is 82.5 Å². The summed E-state index contributed by atoms with van der Waals surface area (Å²) in [7, 11) is 0. The molecule has 1 aliphatic rings. The van der Waals surface area contributed by atoms with Crippen molar-refractivity contribution >= 4 is 23.6 Å². The molecule has 2 rings (SSSR count). The molecule has 0 spiro atoms. The monoisotopic (exact) mass is 327 g/mol. The van der Waals surface area contributed by atoms with Crippen molar-refractivity contribution in [1.82, 2.24) is 15.2 Å². The molecule has 8 heteroatoms. The van der Waals surface area contributed by atoms with Gasteiger partial charge in [-0.1, -0.05) is 6.07 Å². The number of halogens is 1. The third-order valence-corrected chi connectivity index (χ3v) is 4.32. The van der Waals surface area contributed by atoms with E-state index in [-0.39, 0.29) is 11.6 Å². The number of aliphatic hydroxyl groups excluding tert-OH is 1. The zero-order chi connectivity index (χ0) is 15.9. The van der Waals surface area contributed by atoms with Crippen LogP contribution in [-0.2, 0) is 4.79 Å². The van der Waals surface area contributed by atoms with Crippen LogP contribution in [0.15, 0.2) is 18.2 Å². The fourth-order valence-electron chi connectivity index (χ4n) is 2.14. The van der Waals surface area contributed by atoms with Crippen LogP contribution in [0, 0.1) is 5.95 Å². The molecular formula is C14H18FN3O3S. The van der Waals surface area contributed by atoms with Crippen molar-refractivity contribution in [3.63, 3.8) is 0 Å². The number of hydrogen-bond acceptors (Lipinski definition) is 5. The minimum absolute atomic E-state index is 0.127. The predicted octanol–water partition coefficient (Wildman–Crippen LogP) is 0.277. The highest BCUT2D eigenvalue weighted by molar-refractivity contribution is 7.99. The number of hydrogen-bond donors (Lipinski definition) is 2. The summed E-state index contributed by atoms with van der Waals surface area (Å²) in [5, 5.41) is 11.8. The van der Waals surface area contributed by atoms with Crippen molar-refractivity contribution in [2.24, 2.45) is 0 Å². The van der Waals surface area contributed by atoms with Crippen LogP contribution in [-0.4, -0.2) is 64.0 Å². The first kappa shape index (κ1) is 16.7. The molecule has 1 aromatic rings. The Balaban J connectivity index is 2.01. The Bertz CT molecular complexity index is 536. The lowest BCUT2D eigenvalue weighted by Gasteiger charge is -2.25. The maximum atomic E-state index is 13.0. The number of thioether (sulfide) groups is 1. The van der Waals surface area contributed by atoms with Gasteiger partial charge in [0.15, 0.2) is 0 Å². The van der Waals surface area contributed by atoms with Gasteiger partial charge in [-0.05, 0) is 24.3 Å². The summed E-state index contributed by atoms with van der Waals surface area (Å²) in [6, 6.07) is 2.79. The Morgan fingerprint density at radius 3 is 2.95 bits per heavy atom. The summed E-state index contributed by atoms with van der Waals surface area (Å²) in [5.74, 6) is 0.0473. The van der Waals surface area contributed by atoms with Gasteiger partial charge >= 0.3 is 0 Å². The van der Waals surface area contributed by atoms with Crippen molar-refractivity contribution in [1.29, 1.82) is 0 Å². The van der Waals surface area contributed by atoms with Crippen molar-refractivity contribution in [2.75, 3.05) is 31.2 Å². The Kier molecular flexibility index (Phi) is 6.14. The van der Waals surface area contributed by atoms with Crippen LogP contribution in [0.5, 0.6) is 0 Å². The highest BCUT2D eigenvalue weighted by atomic mass is 32.2. The summed E-state index contributed by atoms with van der Waals surface area (Å²) < 4.78 is 13.0. The number of amides is 2. The van der Waals surface area contributed by atoms with E-state index in [2.05, 4.69) is 10.3 Å². The molecule has 120 valence electrons. The molecule has 2 N–H and O–H groups in total. The van der Waals surface area contributed by atoms with Gasteiger partial charge in [-0.25, -0.2) is 4.98 Å². The van der Waals surface area contributed by atoms with Crippen LogP contribution in [0.1, 0.15) is 16.9 Å². The zero-order valence-corrected chi connectivity index (χ0v) is 12.8. The number of carbonyl (C=O) groups excluding carboxylic acids is 2. The molecule has 0 aliphatic carbocycles. The summed E-state index contributed by atoms with van der Waals surface area (Å²) in [5.41, 5.74) is -0.127. The molecule has 0 unspecified atom stereocenters. The van der Waals surface area contributed by atoms with Crippen LogP contribution in [0.25, 0.3) is 0 Å². The number of aromatic nitrogens is 1. The smallest absolute Gasteiger partial charge is 0.270 e. The van der Waals surface area contributed by atoms with E-state index in [4.69, 9.17) is 0 Å². The van der Waals surface area contributed by atoms with Gasteiger partial charge in [-0.2, -0.15) is 16.2 Å². The molecule has 0 saturated carbocycles. The second-order valence-corrected chi connectivity index (χ2v) is 6.07. The zero-order valence-electron chi connectivity index (χ0n) is 12.0. The minimum Gasteiger partial charge on any atom is -0.394 e. The second kappa shape index (κ2) is 8.09. The number of carbonyl (C=O) groups is 2. The van der Waals surface area contributed by atoms with Gasteiger partial charge in [-0.3, -0.25) is 9.59 Å². The standard InChI is InChI=1S/C14H18FN3O3S/c15-12-4-1-3-10(16-12)13(20)17-11(9-19)14(21)18-5-2-7-22-8-6-18/h1,3-4,11,19H,2,5-9H2,(H,17,20)/t11-/m0/s1. The van der Waals surface area contributed by atoms with Crippen LogP contribution < -0.4 is 5.32 Å². The molecule has 1 fully saturated rings. The number of nitrogens with one attached hydrogen (secondary N) is 1. The third kappa shape index (κ3) is 4.41. The van der Waals surface area contributed by atoms with E-state index in [0.29, 0.717) is 13.1 Å². The van der Waals surface area contributed by atoms with E-state index in [1.54, 1.807) is 16.7 Å². The van der Waals surface area contributed by atoms with Crippen molar-refractivity contribution < 1.29 is 19.1 Å². The quantitative estimate of drug-likeness (QED) is 0.776. The summed E-state index contributed by atoms with van der Waals surface area (Å²) in [6.07, 6.45) is 0.883. The highest BCUT2D eigenvalue weighted by Crippen LogP contribution is 2.11. The van der Waals surface area contributed by atoms with E-state index in [1.165, 1.54) is 12.1 Å². The fraction of sp³-hybridized carbons (Fsp3) is 0.500. The molecule has 1 saturated heterocycles. The summed E-state index contributed by atoms with van der Waals surface area (Å²) >= 11 is 1.77. The molecule has 0 bridgehead atoms. The van der Waals surface area contributed by atoms with Crippen LogP contribution in [0.4, 0.5) is 4.39 Å². The molecule has 22 heavy (non-hydrogen) atoms. The van der Waals surface area contributed by atoms with Gasteiger partial charge in [-0.15, -0.1) is 0 Å². The maximum absolute atomic E-state index is 13.0. The molecule has 1 aromatic heterocycles. The van der Waals surface area contributed by atoms with Crippen LogP contribution >= 0.6 is 11.8 Å². The average molecular weight is 327 g/mol. The van der Waals surface area contributed by atoms with Crippen molar-refractivity contribution in [3.8, 4) is 0 Å². The first-order valence-electron chi connectivity index (χ1n) is 7.02. The van der Waals surface area contributed by atoms with Crippen molar-refractivity contribution in [2.45, 2.75) is 12.5 Å². The number of pyridine rings is 1. The van der Waals surface area contributed by atoms with Crippen LogP contribution in [0.2, 0.25) is 0 Å². The van der Waals surface area contributed by atoms with E-state index in [9.17, 15) is 19.1 Å². The molecule has 1 aliphatic heterocycles. The highest BCUT2D eigenvalue weighted by Gasteiger charge is 2.26. The summed E-state index contributed by atoms with van der Waals surface area (Å²) in [4.78, 5) is 29.5.